The molecule has 3 heterocycles. The molecule has 3 atom stereocenters. The Balaban J connectivity index is 1.52. The van der Waals surface area contributed by atoms with Gasteiger partial charge in [-0.05, 0) is 24.6 Å². The van der Waals surface area contributed by atoms with E-state index in [1.165, 1.54) is 0 Å². The first-order chi connectivity index (χ1) is 12.5. The summed E-state index contributed by atoms with van der Waals surface area (Å²) in [5.74, 6) is 0.972. The van der Waals surface area contributed by atoms with Crippen molar-refractivity contribution in [1.82, 2.24) is 30.0 Å². The Morgan fingerprint density at radius 2 is 2.12 bits per heavy atom. The number of aromatic nitrogens is 4. The molecule has 1 aromatic carbocycles. The number of fused-ring (bicyclic) bond motifs is 1. The standard InChI is InChI=1S/C19H24N6O/c1-12(18-23-16-6-4-5-7-17(16)25(18)3)22-19(26)15-10-20-9-14(15)13-8-21-24(2)11-13/h4-8,11-12,14-15,20H,9-10H2,1-3H3,(H,22,26)/t12?,14-,15+/m1/s1. The minimum atomic E-state index is -0.157. The van der Waals surface area contributed by atoms with Crippen molar-refractivity contribution in [3.05, 3.63) is 48.0 Å². The van der Waals surface area contributed by atoms with Gasteiger partial charge in [0.2, 0.25) is 5.91 Å². The number of aryl methyl sites for hydroxylation is 2. The Labute approximate surface area is 152 Å². The van der Waals surface area contributed by atoms with Crippen molar-refractivity contribution in [1.29, 1.82) is 0 Å². The number of para-hydroxylation sites is 2. The summed E-state index contributed by atoms with van der Waals surface area (Å²) in [6.07, 6.45) is 3.85. The molecule has 1 amide bonds. The van der Waals surface area contributed by atoms with Crippen LogP contribution in [0.3, 0.4) is 0 Å². The van der Waals surface area contributed by atoms with Gasteiger partial charge < -0.3 is 15.2 Å². The molecule has 2 N–H and O–H groups in total. The van der Waals surface area contributed by atoms with Crippen LogP contribution in [0.1, 0.15) is 30.3 Å². The maximum atomic E-state index is 12.9. The molecule has 26 heavy (non-hydrogen) atoms. The maximum Gasteiger partial charge on any atom is 0.225 e. The molecule has 136 valence electrons. The van der Waals surface area contributed by atoms with Gasteiger partial charge >= 0.3 is 0 Å². The molecule has 1 fully saturated rings. The summed E-state index contributed by atoms with van der Waals surface area (Å²) in [7, 11) is 3.89. The number of imidazole rings is 1. The van der Waals surface area contributed by atoms with Gasteiger partial charge in [-0.3, -0.25) is 9.48 Å². The Kier molecular flexibility index (Phi) is 4.24. The lowest BCUT2D eigenvalue weighted by atomic mass is 9.90. The molecule has 7 nitrogen and oxygen atoms in total. The first-order valence-electron chi connectivity index (χ1n) is 8.95. The average Bonchev–Trinajstić information content (AvgIpc) is 3.33. The van der Waals surface area contributed by atoms with E-state index in [2.05, 4.69) is 15.7 Å². The minimum absolute atomic E-state index is 0.0587. The molecule has 1 aliphatic heterocycles. The third-order valence-electron chi connectivity index (χ3n) is 5.27. The van der Waals surface area contributed by atoms with Gasteiger partial charge in [-0.1, -0.05) is 12.1 Å². The van der Waals surface area contributed by atoms with Crippen molar-refractivity contribution in [3.8, 4) is 0 Å². The fraction of sp³-hybridized carbons (Fsp3) is 0.421. The highest BCUT2D eigenvalue weighted by Crippen LogP contribution is 2.29. The van der Waals surface area contributed by atoms with Crippen LogP contribution >= 0.6 is 0 Å². The van der Waals surface area contributed by atoms with Crippen LogP contribution in [-0.2, 0) is 18.9 Å². The van der Waals surface area contributed by atoms with Crippen LogP contribution in [0.15, 0.2) is 36.7 Å². The molecule has 3 aromatic rings. The number of nitrogens with zero attached hydrogens (tertiary/aromatic N) is 4. The molecule has 4 rings (SSSR count). The van der Waals surface area contributed by atoms with Gasteiger partial charge in [0.1, 0.15) is 5.82 Å². The Morgan fingerprint density at radius 3 is 2.85 bits per heavy atom. The van der Waals surface area contributed by atoms with Gasteiger partial charge in [0.25, 0.3) is 0 Å². The summed E-state index contributed by atoms with van der Waals surface area (Å²) < 4.78 is 3.83. The highest BCUT2D eigenvalue weighted by atomic mass is 16.2. The smallest absolute Gasteiger partial charge is 0.225 e. The second kappa shape index (κ2) is 6.57. The maximum absolute atomic E-state index is 12.9. The van der Waals surface area contributed by atoms with Crippen molar-refractivity contribution < 1.29 is 4.79 Å². The first kappa shape index (κ1) is 16.8. The number of benzene rings is 1. The topological polar surface area (TPSA) is 76.8 Å². The highest BCUT2D eigenvalue weighted by molar-refractivity contribution is 5.81. The van der Waals surface area contributed by atoms with Crippen LogP contribution in [0.2, 0.25) is 0 Å². The molecule has 0 aliphatic carbocycles. The minimum Gasteiger partial charge on any atom is -0.346 e. The predicted molar refractivity (Wildman–Crippen MR) is 99.6 cm³/mol. The van der Waals surface area contributed by atoms with Crippen molar-refractivity contribution in [2.45, 2.75) is 18.9 Å². The number of rotatable bonds is 4. The fourth-order valence-electron chi connectivity index (χ4n) is 3.87. The molecular formula is C19H24N6O. The number of carbonyl (C=O) groups is 1. The van der Waals surface area contributed by atoms with Crippen molar-refractivity contribution >= 4 is 16.9 Å². The number of carbonyl (C=O) groups excluding carboxylic acids is 1. The third-order valence-corrected chi connectivity index (χ3v) is 5.27. The molecule has 0 spiro atoms. The van der Waals surface area contributed by atoms with E-state index >= 15 is 0 Å². The molecule has 1 aliphatic rings. The fourth-order valence-corrected chi connectivity index (χ4v) is 3.87. The van der Waals surface area contributed by atoms with E-state index in [-0.39, 0.29) is 23.8 Å². The Hall–Kier alpha value is -2.67. The second-order valence-corrected chi connectivity index (χ2v) is 7.07. The summed E-state index contributed by atoms with van der Waals surface area (Å²) in [4.78, 5) is 17.6. The van der Waals surface area contributed by atoms with Crippen LogP contribution in [-0.4, -0.2) is 38.3 Å². The first-order valence-corrected chi connectivity index (χ1v) is 8.95. The summed E-state index contributed by atoms with van der Waals surface area (Å²) in [5.41, 5.74) is 3.12. The van der Waals surface area contributed by atoms with Gasteiger partial charge in [-0.15, -0.1) is 0 Å². The van der Waals surface area contributed by atoms with Gasteiger partial charge in [0.15, 0.2) is 0 Å². The molecule has 7 heteroatoms. The normalized spacial score (nSPS) is 21.2. The van der Waals surface area contributed by atoms with E-state index in [1.807, 2.05) is 62.2 Å². The van der Waals surface area contributed by atoms with Gasteiger partial charge in [-0.2, -0.15) is 5.10 Å². The van der Waals surface area contributed by atoms with Crippen LogP contribution < -0.4 is 10.6 Å². The van der Waals surface area contributed by atoms with Gasteiger partial charge in [0, 0.05) is 39.3 Å². The summed E-state index contributed by atoms with van der Waals surface area (Å²) in [6, 6.07) is 7.85. The number of hydrogen-bond acceptors (Lipinski definition) is 4. The SMILES string of the molecule is CC(NC(=O)[C@H]1CNC[C@@H]1c1cnn(C)c1)c1nc2ccccc2n1C. The number of amides is 1. The van der Waals surface area contributed by atoms with Crippen molar-refractivity contribution in [2.75, 3.05) is 13.1 Å². The average molecular weight is 352 g/mol. The molecule has 0 bridgehead atoms. The van der Waals surface area contributed by atoms with Crippen molar-refractivity contribution in [3.63, 3.8) is 0 Å². The molecule has 1 saturated heterocycles. The van der Waals surface area contributed by atoms with E-state index in [0.717, 1.165) is 29.0 Å². The Morgan fingerprint density at radius 1 is 1.31 bits per heavy atom. The third kappa shape index (κ3) is 2.88. The van der Waals surface area contributed by atoms with E-state index < -0.39 is 0 Å². The Bertz CT molecular complexity index is 943. The second-order valence-electron chi connectivity index (χ2n) is 7.07. The quantitative estimate of drug-likeness (QED) is 0.746. The van der Waals surface area contributed by atoms with Crippen molar-refractivity contribution in [2.24, 2.45) is 20.0 Å². The zero-order valence-electron chi connectivity index (χ0n) is 15.3. The lowest BCUT2D eigenvalue weighted by Crippen LogP contribution is -2.36. The molecule has 1 unspecified atom stereocenters. The summed E-state index contributed by atoms with van der Waals surface area (Å²) in [6.45, 7) is 3.46. The van der Waals surface area contributed by atoms with E-state index in [9.17, 15) is 4.79 Å². The van der Waals surface area contributed by atoms with E-state index in [1.54, 1.807) is 4.68 Å². The molecule has 2 aromatic heterocycles. The highest BCUT2D eigenvalue weighted by Gasteiger charge is 2.35. The molecular weight excluding hydrogens is 328 g/mol. The summed E-state index contributed by atoms with van der Waals surface area (Å²) in [5, 5.41) is 10.7. The van der Waals surface area contributed by atoms with Crippen LogP contribution in [0.25, 0.3) is 11.0 Å². The molecule has 0 radical (unpaired) electrons. The monoisotopic (exact) mass is 352 g/mol. The zero-order chi connectivity index (χ0) is 18.3. The van der Waals surface area contributed by atoms with Gasteiger partial charge in [0.05, 0.1) is 29.2 Å². The van der Waals surface area contributed by atoms with Crippen LogP contribution in [0, 0.1) is 5.92 Å². The lowest BCUT2D eigenvalue weighted by Gasteiger charge is -2.20. The number of nitrogens with one attached hydrogen (secondary N) is 2. The molecule has 0 saturated carbocycles. The lowest BCUT2D eigenvalue weighted by molar-refractivity contribution is -0.125. The summed E-state index contributed by atoms with van der Waals surface area (Å²) >= 11 is 0. The van der Waals surface area contributed by atoms with Gasteiger partial charge in [-0.25, -0.2) is 4.98 Å². The zero-order valence-corrected chi connectivity index (χ0v) is 15.3. The van der Waals surface area contributed by atoms with Crippen LogP contribution in [0.5, 0.6) is 0 Å². The van der Waals surface area contributed by atoms with E-state index in [4.69, 9.17) is 4.98 Å². The predicted octanol–water partition coefficient (Wildman–Crippen LogP) is 1.49. The van der Waals surface area contributed by atoms with E-state index in [0.29, 0.717) is 6.54 Å². The van der Waals surface area contributed by atoms with Crippen LogP contribution in [0.4, 0.5) is 0 Å². The largest absolute Gasteiger partial charge is 0.346 e. The number of hydrogen-bond donors (Lipinski definition) is 2.